The number of rotatable bonds is 9. The number of guanidine groups is 1. The van der Waals surface area contributed by atoms with E-state index in [1.165, 1.54) is 14.2 Å². The maximum absolute atomic E-state index is 12.0. The van der Waals surface area contributed by atoms with Crippen molar-refractivity contribution in [3.63, 3.8) is 0 Å². The van der Waals surface area contributed by atoms with Crippen LogP contribution in [0.3, 0.4) is 0 Å². The number of ether oxygens (including phenoxy) is 4. The number of nitrogens with one attached hydrogen (secondary N) is 2. The molecule has 2 aromatic rings. The van der Waals surface area contributed by atoms with E-state index < -0.39 is 5.97 Å². The van der Waals surface area contributed by atoms with E-state index in [0.717, 1.165) is 11.3 Å². The molecule has 0 aromatic heterocycles. The molecular formula is C22H29N3O5. The summed E-state index contributed by atoms with van der Waals surface area (Å²) >= 11 is 0. The fourth-order valence-electron chi connectivity index (χ4n) is 2.76. The van der Waals surface area contributed by atoms with E-state index in [9.17, 15) is 4.79 Å². The number of esters is 1. The Morgan fingerprint density at radius 2 is 1.70 bits per heavy atom. The van der Waals surface area contributed by atoms with Crippen molar-refractivity contribution in [2.75, 3.05) is 39.8 Å². The van der Waals surface area contributed by atoms with Crippen LogP contribution in [0.5, 0.6) is 17.2 Å². The standard InChI is InChI=1S/C22H29N3O5/c1-6-23-22(25-16-9-11-19(30-7-2)20(13-16)28-4)24-14-15-8-10-18(27-3)17(12-15)21(26)29-5/h8-13H,6-7,14H2,1-5H3,(H2,23,24,25). The van der Waals surface area contributed by atoms with E-state index >= 15 is 0 Å². The lowest BCUT2D eigenvalue weighted by atomic mass is 10.1. The van der Waals surface area contributed by atoms with Gasteiger partial charge in [0.2, 0.25) is 0 Å². The fraction of sp³-hybridized carbons (Fsp3) is 0.364. The lowest BCUT2D eigenvalue weighted by Gasteiger charge is -2.14. The van der Waals surface area contributed by atoms with Crippen LogP contribution in [0.4, 0.5) is 5.69 Å². The van der Waals surface area contributed by atoms with Crippen molar-refractivity contribution in [1.82, 2.24) is 5.32 Å². The molecule has 8 nitrogen and oxygen atoms in total. The van der Waals surface area contributed by atoms with Crippen molar-refractivity contribution in [1.29, 1.82) is 0 Å². The first-order valence-electron chi connectivity index (χ1n) is 9.67. The van der Waals surface area contributed by atoms with Crippen LogP contribution in [0, 0.1) is 0 Å². The lowest BCUT2D eigenvalue weighted by molar-refractivity contribution is 0.0597. The molecule has 0 saturated heterocycles. The molecule has 8 heteroatoms. The summed E-state index contributed by atoms with van der Waals surface area (Å²) in [5.74, 6) is 1.92. The van der Waals surface area contributed by atoms with Gasteiger partial charge in [-0.15, -0.1) is 0 Å². The number of carbonyl (C=O) groups excluding carboxylic acids is 1. The van der Waals surface area contributed by atoms with Gasteiger partial charge in [0.15, 0.2) is 17.5 Å². The first kappa shape index (κ1) is 22.9. The van der Waals surface area contributed by atoms with Crippen LogP contribution in [0.2, 0.25) is 0 Å². The molecule has 0 unspecified atom stereocenters. The topological polar surface area (TPSA) is 90.4 Å². The minimum absolute atomic E-state index is 0.359. The predicted molar refractivity (Wildman–Crippen MR) is 117 cm³/mol. The van der Waals surface area contributed by atoms with E-state index in [-0.39, 0.29) is 0 Å². The molecule has 2 rings (SSSR count). The minimum atomic E-state index is -0.454. The van der Waals surface area contributed by atoms with Gasteiger partial charge in [-0.2, -0.15) is 0 Å². The molecule has 2 aromatic carbocycles. The van der Waals surface area contributed by atoms with Gasteiger partial charge in [-0.1, -0.05) is 6.07 Å². The Morgan fingerprint density at radius 3 is 2.33 bits per heavy atom. The smallest absolute Gasteiger partial charge is 0.341 e. The van der Waals surface area contributed by atoms with Gasteiger partial charge in [-0.3, -0.25) is 0 Å². The summed E-state index contributed by atoms with van der Waals surface area (Å²) in [6.45, 7) is 5.52. The molecule has 0 saturated carbocycles. The van der Waals surface area contributed by atoms with Crippen molar-refractivity contribution >= 4 is 17.6 Å². The Labute approximate surface area is 177 Å². The van der Waals surface area contributed by atoms with Crippen LogP contribution in [-0.2, 0) is 11.3 Å². The summed E-state index contributed by atoms with van der Waals surface area (Å²) in [6.07, 6.45) is 0. The number of nitrogens with zero attached hydrogens (tertiary/aromatic N) is 1. The second-order valence-electron chi connectivity index (χ2n) is 6.15. The first-order valence-corrected chi connectivity index (χ1v) is 9.67. The molecule has 0 heterocycles. The van der Waals surface area contributed by atoms with Crippen molar-refractivity contribution < 1.29 is 23.7 Å². The van der Waals surface area contributed by atoms with Gasteiger partial charge in [0.25, 0.3) is 0 Å². The number of hydrogen-bond acceptors (Lipinski definition) is 6. The van der Waals surface area contributed by atoms with E-state index in [2.05, 4.69) is 15.6 Å². The van der Waals surface area contributed by atoms with Crippen LogP contribution in [-0.4, -0.2) is 46.4 Å². The van der Waals surface area contributed by atoms with Gasteiger partial charge in [-0.25, -0.2) is 9.79 Å². The van der Waals surface area contributed by atoms with E-state index in [4.69, 9.17) is 18.9 Å². The first-order chi connectivity index (χ1) is 14.6. The summed E-state index contributed by atoms with van der Waals surface area (Å²) < 4.78 is 21.0. The van der Waals surface area contributed by atoms with Crippen molar-refractivity contribution in [3.05, 3.63) is 47.5 Å². The Morgan fingerprint density at radius 1 is 0.967 bits per heavy atom. The third kappa shape index (κ3) is 6.04. The van der Waals surface area contributed by atoms with Gasteiger partial charge in [0, 0.05) is 18.3 Å². The molecule has 2 N–H and O–H groups in total. The average molecular weight is 415 g/mol. The minimum Gasteiger partial charge on any atom is -0.496 e. The Kier molecular flexibility index (Phi) is 8.80. The highest BCUT2D eigenvalue weighted by atomic mass is 16.5. The molecule has 0 radical (unpaired) electrons. The number of aliphatic imine (C=N–C) groups is 1. The monoisotopic (exact) mass is 415 g/mol. The summed E-state index contributed by atoms with van der Waals surface area (Å²) in [6, 6.07) is 10.9. The van der Waals surface area contributed by atoms with Gasteiger partial charge in [0.1, 0.15) is 11.3 Å². The summed E-state index contributed by atoms with van der Waals surface area (Å²) in [5, 5.41) is 6.45. The Bertz CT molecular complexity index is 883. The average Bonchev–Trinajstić information content (AvgIpc) is 2.77. The highest BCUT2D eigenvalue weighted by molar-refractivity contribution is 5.94. The van der Waals surface area contributed by atoms with Gasteiger partial charge < -0.3 is 29.6 Å². The fourth-order valence-corrected chi connectivity index (χ4v) is 2.76. The zero-order valence-electron chi connectivity index (χ0n) is 18.1. The number of carbonyl (C=O) groups is 1. The number of anilines is 1. The van der Waals surface area contributed by atoms with E-state index in [1.807, 2.05) is 38.1 Å². The van der Waals surface area contributed by atoms with Crippen molar-refractivity contribution in [2.45, 2.75) is 20.4 Å². The second kappa shape index (κ2) is 11.5. The van der Waals surface area contributed by atoms with Gasteiger partial charge in [0.05, 0.1) is 34.5 Å². The third-order valence-corrected chi connectivity index (χ3v) is 4.16. The number of benzene rings is 2. The van der Waals surface area contributed by atoms with E-state index in [0.29, 0.717) is 48.5 Å². The molecule has 0 aliphatic rings. The lowest BCUT2D eigenvalue weighted by Crippen LogP contribution is -2.30. The maximum Gasteiger partial charge on any atom is 0.341 e. The zero-order chi connectivity index (χ0) is 21.9. The van der Waals surface area contributed by atoms with Gasteiger partial charge >= 0.3 is 5.97 Å². The summed E-state index contributed by atoms with van der Waals surface area (Å²) in [5.41, 5.74) is 2.01. The normalized spacial score (nSPS) is 10.9. The summed E-state index contributed by atoms with van der Waals surface area (Å²) in [4.78, 5) is 16.6. The molecular weight excluding hydrogens is 386 g/mol. The molecule has 162 valence electrons. The van der Waals surface area contributed by atoms with Crippen molar-refractivity contribution in [3.8, 4) is 17.2 Å². The Balaban J connectivity index is 2.21. The maximum atomic E-state index is 12.0. The van der Waals surface area contributed by atoms with Crippen LogP contribution in [0.15, 0.2) is 41.4 Å². The van der Waals surface area contributed by atoms with Crippen molar-refractivity contribution in [2.24, 2.45) is 4.99 Å². The molecule has 0 bridgehead atoms. The largest absolute Gasteiger partial charge is 0.496 e. The molecule has 0 aliphatic heterocycles. The number of hydrogen-bond donors (Lipinski definition) is 2. The third-order valence-electron chi connectivity index (χ3n) is 4.16. The molecule has 0 aliphatic carbocycles. The predicted octanol–water partition coefficient (Wildman–Crippen LogP) is 3.47. The summed E-state index contributed by atoms with van der Waals surface area (Å²) in [7, 11) is 4.45. The molecule has 0 spiro atoms. The Hall–Kier alpha value is -3.42. The number of methoxy groups -OCH3 is 3. The van der Waals surface area contributed by atoms with E-state index in [1.54, 1.807) is 19.2 Å². The van der Waals surface area contributed by atoms with Crippen LogP contribution in [0.25, 0.3) is 0 Å². The zero-order valence-corrected chi connectivity index (χ0v) is 18.1. The second-order valence-corrected chi connectivity index (χ2v) is 6.15. The van der Waals surface area contributed by atoms with Gasteiger partial charge in [-0.05, 0) is 43.7 Å². The SMILES string of the molecule is CCNC(=NCc1ccc(OC)c(C(=O)OC)c1)Nc1ccc(OCC)c(OC)c1. The van der Waals surface area contributed by atoms with Crippen LogP contribution in [0.1, 0.15) is 29.8 Å². The molecule has 0 amide bonds. The van der Waals surface area contributed by atoms with Crippen LogP contribution < -0.4 is 24.8 Å². The quantitative estimate of drug-likeness (QED) is 0.368. The highest BCUT2D eigenvalue weighted by Crippen LogP contribution is 2.30. The molecule has 0 atom stereocenters. The van der Waals surface area contributed by atoms with Crippen LogP contribution >= 0.6 is 0 Å². The molecule has 30 heavy (non-hydrogen) atoms. The highest BCUT2D eigenvalue weighted by Gasteiger charge is 2.13. The molecule has 0 fully saturated rings.